The number of carbonyl (C=O) groups is 2. The molecule has 3 aromatic rings. The van der Waals surface area contributed by atoms with Gasteiger partial charge in [0.2, 0.25) is 5.78 Å². The minimum atomic E-state index is -0.561. The van der Waals surface area contributed by atoms with Crippen LogP contribution in [-0.4, -0.2) is 26.0 Å². The van der Waals surface area contributed by atoms with Gasteiger partial charge in [0, 0.05) is 17.0 Å². The van der Waals surface area contributed by atoms with Crippen molar-refractivity contribution in [2.45, 2.75) is 13.8 Å². The Morgan fingerprint density at radius 2 is 1.77 bits per heavy atom. The maximum Gasteiger partial charge on any atom is 0.343 e. The highest BCUT2D eigenvalue weighted by Crippen LogP contribution is 2.38. The number of aryl methyl sites for hydroxylation is 2. The molecule has 0 fully saturated rings. The lowest BCUT2D eigenvalue weighted by atomic mass is 10.0. The molecule has 0 saturated heterocycles. The first kappa shape index (κ1) is 20.7. The molecule has 1 aliphatic heterocycles. The van der Waals surface area contributed by atoms with E-state index in [4.69, 9.17) is 18.9 Å². The van der Waals surface area contributed by atoms with Gasteiger partial charge in [-0.25, -0.2) is 4.79 Å². The van der Waals surface area contributed by atoms with Gasteiger partial charge in [0.05, 0.1) is 25.3 Å². The van der Waals surface area contributed by atoms with Gasteiger partial charge in [-0.05, 0) is 60.7 Å². The molecule has 0 amide bonds. The number of hydrogen-bond acceptors (Lipinski definition) is 7. The fourth-order valence-electron chi connectivity index (χ4n) is 3.32. The number of ether oxygens (including phenoxy) is 4. The molecule has 0 aliphatic carbocycles. The predicted octanol–water partition coefficient (Wildman–Crippen LogP) is 5.22. The minimum Gasteiger partial charge on any atom is -0.493 e. The van der Waals surface area contributed by atoms with E-state index in [1.54, 1.807) is 43.3 Å². The second kappa shape index (κ2) is 8.28. The van der Waals surface area contributed by atoms with E-state index in [1.807, 2.05) is 18.4 Å². The van der Waals surface area contributed by atoms with Crippen LogP contribution in [0.25, 0.3) is 6.08 Å². The van der Waals surface area contributed by atoms with Crippen LogP contribution in [0.15, 0.2) is 47.5 Å². The first-order valence-corrected chi connectivity index (χ1v) is 10.4. The molecule has 0 atom stereocenters. The molecule has 6 nitrogen and oxygen atoms in total. The van der Waals surface area contributed by atoms with Crippen LogP contribution >= 0.6 is 11.3 Å². The zero-order valence-electron chi connectivity index (χ0n) is 17.5. The molecular weight excluding hydrogens is 416 g/mol. The molecular formula is C24H20O6S. The molecule has 1 aromatic heterocycles. The lowest BCUT2D eigenvalue weighted by molar-refractivity contribution is 0.0734. The summed E-state index contributed by atoms with van der Waals surface area (Å²) in [4.78, 5) is 26.4. The maximum absolute atomic E-state index is 12.8. The van der Waals surface area contributed by atoms with Gasteiger partial charge < -0.3 is 18.9 Å². The normalized spacial score (nSPS) is 13.7. The predicted molar refractivity (Wildman–Crippen MR) is 118 cm³/mol. The van der Waals surface area contributed by atoms with Crippen molar-refractivity contribution in [3.63, 3.8) is 0 Å². The Morgan fingerprint density at radius 3 is 2.45 bits per heavy atom. The average Bonchev–Trinajstić information content (AvgIpc) is 3.30. The van der Waals surface area contributed by atoms with Gasteiger partial charge in [-0.1, -0.05) is 0 Å². The molecule has 7 heteroatoms. The number of methoxy groups -OCH3 is 2. The summed E-state index contributed by atoms with van der Waals surface area (Å²) in [6, 6.07) is 9.97. The molecule has 1 aliphatic rings. The monoisotopic (exact) mass is 436 g/mol. The summed E-state index contributed by atoms with van der Waals surface area (Å²) >= 11 is 1.54. The SMILES string of the molecule is COc1ccc(C(=O)Oc2cc(C)c3c(c2)O/C(=C\c2sccc2C)C3=O)cc1OC. The van der Waals surface area contributed by atoms with Crippen molar-refractivity contribution >= 4 is 29.2 Å². The van der Waals surface area contributed by atoms with Crippen molar-refractivity contribution in [1.29, 1.82) is 0 Å². The summed E-state index contributed by atoms with van der Waals surface area (Å²) in [5.74, 6) is 1.12. The number of ketones is 1. The van der Waals surface area contributed by atoms with Crippen molar-refractivity contribution < 1.29 is 28.5 Å². The fraction of sp³-hybridized carbons (Fsp3) is 0.167. The molecule has 2 heterocycles. The largest absolute Gasteiger partial charge is 0.493 e. The molecule has 4 rings (SSSR count). The number of carbonyl (C=O) groups excluding carboxylic acids is 2. The Kier molecular flexibility index (Phi) is 5.52. The van der Waals surface area contributed by atoms with Crippen LogP contribution in [0.4, 0.5) is 0 Å². The molecule has 0 radical (unpaired) electrons. The Morgan fingerprint density at radius 1 is 1.00 bits per heavy atom. The van der Waals surface area contributed by atoms with Crippen molar-refractivity contribution in [1.82, 2.24) is 0 Å². The minimum absolute atomic E-state index is 0.182. The zero-order chi connectivity index (χ0) is 22.1. The van der Waals surface area contributed by atoms with E-state index < -0.39 is 5.97 Å². The van der Waals surface area contributed by atoms with E-state index >= 15 is 0 Å². The number of Topliss-reactive ketones (excluding diaryl/α,β-unsaturated/α-hetero) is 1. The van der Waals surface area contributed by atoms with Gasteiger partial charge in [0.15, 0.2) is 17.3 Å². The molecule has 31 heavy (non-hydrogen) atoms. The van der Waals surface area contributed by atoms with Gasteiger partial charge >= 0.3 is 5.97 Å². The summed E-state index contributed by atoms with van der Waals surface area (Å²) in [6.45, 7) is 3.76. The second-order valence-electron chi connectivity index (χ2n) is 6.98. The highest BCUT2D eigenvalue weighted by Gasteiger charge is 2.30. The fourth-order valence-corrected chi connectivity index (χ4v) is 4.16. The second-order valence-corrected chi connectivity index (χ2v) is 7.93. The zero-order valence-corrected chi connectivity index (χ0v) is 18.3. The first-order valence-electron chi connectivity index (χ1n) is 9.48. The number of thiophene rings is 1. The lowest BCUT2D eigenvalue weighted by Crippen LogP contribution is -2.09. The summed E-state index contributed by atoms with van der Waals surface area (Å²) in [5, 5.41) is 1.96. The van der Waals surface area contributed by atoms with Gasteiger partial charge in [-0.2, -0.15) is 0 Å². The van der Waals surface area contributed by atoms with E-state index in [2.05, 4.69) is 0 Å². The van der Waals surface area contributed by atoms with Crippen LogP contribution in [-0.2, 0) is 0 Å². The molecule has 158 valence electrons. The van der Waals surface area contributed by atoms with Gasteiger partial charge in [0.1, 0.15) is 11.5 Å². The Hall–Kier alpha value is -3.58. The third kappa shape index (κ3) is 3.92. The van der Waals surface area contributed by atoms with E-state index in [0.717, 1.165) is 10.4 Å². The van der Waals surface area contributed by atoms with Gasteiger partial charge in [-0.3, -0.25) is 4.79 Å². The standard InChI is InChI=1S/C24H20O6S/c1-13-7-8-31-21(13)12-20-23(25)22-14(2)9-16(11-19(22)30-20)29-24(26)15-5-6-17(27-3)18(10-15)28-4/h5-12H,1-4H3/b20-12-. The number of benzene rings is 2. The third-order valence-electron chi connectivity index (χ3n) is 4.94. The van der Waals surface area contributed by atoms with Gasteiger partial charge in [0.25, 0.3) is 0 Å². The van der Waals surface area contributed by atoms with E-state index in [-0.39, 0.29) is 17.3 Å². The number of allylic oxidation sites excluding steroid dienone is 1. The Bertz CT molecular complexity index is 1220. The topological polar surface area (TPSA) is 71.1 Å². The maximum atomic E-state index is 12.8. The van der Waals surface area contributed by atoms with E-state index in [0.29, 0.717) is 33.9 Å². The number of esters is 1. The Balaban J connectivity index is 1.60. The van der Waals surface area contributed by atoms with Crippen molar-refractivity contribution in [3.05, 3.63) is 74.7 Å². The molecule has 0 spiro atoms. The van der Waals surface area contributed by atoms with Gasteiger partial charge in [-0.15, -0.1) is 11.3 Å². The third-order valence-corrected chi connectivity index (χ3v) is 5.90. The summed E-state index contributed by atoms with van der Waals surface area (Å²) in [7, 11) is 3.01. The van der Waals surface area contributed by atoms with E-state index in [1.165, 1.54) is 25.6 Å². The number of rotatable bonds is 5. The smallest absolute Gasteiger partial charge is 0.343 e. The van der Waals surface area contributed by atoms with Crippen molar-refractivity contribution in [2.75, 3.05) is 14.2 Å². The first-order chi connectivity index (χ1) is 14.9. The summed E-state index contributed by atoms with van der Waals surface area (Å²) in [5.41, 5.74) is 2.53. The molecule has 2 aromatic carbocycles. The van der Waals surface area contributed by atoms with Crippen LogP contribution in [0.3, 0.4) is 0 Å². The highest BCUT2D eigenvalue weighted by molar-refractivity contribution is 7.11. The quantitative estimate of drug-likeness (QED) is 0.310. The van der Waals surface area contributed by atoms with Crippen LogP contribution in [0.5, 0.6) is 23.0 Å². The highest BCUT2D eigenvalue weighted by atomic mass is 32.1. The molecule has 0 saturated carbocycles. The van der Waals surface area contributed by atoms with Crippen LogP contribution in [0.1, 0.15) is 36.7 Å². The lowest BCUT2D eigenvalue weighted by Gasteiger charge is -2.10. The van der Waals surface area contributed by atoms with Crippen molar-refractivity contribution in [2.24, 2.45) is 0 Å². The average molecular weight is 436 g/mol. The van der Waals surface area contributed by atoms with E-state index in [9.17, 15) is 9.59 Å². The molecule has 0 unspecified atom stereocenters. The van der Waals surface area contributed by atoms with Crippen LogP contribution < -0.4 is 18.9 Å². The molecule has 0 N–H and O–H groups in total. The van der Waals surface area contributed by atoms with Crippen LogP contribution in [0.2, 0.25) is 0 Å². The van der Waals surface area contributed by atoms with Crippen LogP contribution in [0, 0.1) is 13.8 Å². The number of fused-ring (bicyclic) bond motifs is 1. The molecule has 0 bridgehead atoms. The summed E-state index contributed by atoms with van der Waals surface area (Å²) < 4.78 is 21.8. The number of hydrogen-bond donors (Lipinski definition) is 0. The summed E-state index contributed by atoms with van der Waals surface area (Å²) in [6.07, 6.45) is 1.75. The Labute approximate surface area is 183 Å². The van der Waals surface area contributed by atoms with Crippen molar-refractivity contribution in [3.8, 4) is 23.0 Å².